The van der Waals surface area contributed by atoms with Gasteiger partial charge in [-0.3, -0.25) is 9.78 Å². The molecule has 6 rings (SSSR count). The number of anilines is 2. The lowest BCUT2D eigenvalue weighted by Crippen LogP contribution is -2.45. The first-order valence-corrected chi connectivity index (χ1v) is 11.5. The molecule has 35 heavy (non-hydrogen) atoms. The number of hydrogen-bond donors (Lipinski definition) is 1. The van der Waals surface area contributed by atoms with Crippen LogP contribution in [0.2, 0.25) is 0 Å². The Morgan fingerprint density at radius 1 is 1.14 bits per heavy atom. The largest absolute Gasteiger partial charge is 0.486 e. The number of hydrogen-bond acceptors (Lipinski definition) is 8. The number of aromatic nitrogens is 5. The molecule has 0 saturated carbocycles. The van der Waals surface area contributed by atoms with Crippen LogP contribution in [0.4, 0.5) is 24.7 Å². The molecule has 3 aliphatic rings. The van der Waals surface area contributed by atoms with Crippen molar-refractivity contribution in [2.24, 2.45) is 5.41 Å². The maximum absolute atomic E-state index is 13.3. The van der Waals surface area contributed by atoms with E-state index in [0.29, 0.717) is 62.8 Å². The third-order valence-electron chi connectivity index (χ3n) is 7.22. The van der Waals surface area contributed by atoms with Gasteiger partial charge >= 0.3 is 6.18 Å². The summed E-state index contributed by atoms with van der Waals surface area (Å²) in [6.45, 7) is 3.03. The molecule has 1 spiro atoms. The number of piperidine rings is 1. The van der Waals surface area contributed by atoms with Crippen LogP contribution in [-0.4, -0.2) is 70.5 Å². The smallest absolute Gasteiger partial charge is 0.433 e. The molecule has 0 bridgehead atoms. The molecule has 1 amide bonds. The minimum absolute atomic E-state index is 0.113. The first kappa shape index (κ1) is 21.9. The van der Waals surface area contributed by atoms with Crippen molar-refractivity contribution in [2.75, 3.05) is 49.6 Å². The van der Waals surface area contributed by atoms with E-state index < -0.39 is 11.9 Å². The predicted molar refractivity (Wildman–Crippen MR) is 119 cm³/mol. The zero-order chi connectivity index (χ0) is 24.4. The number of carbonyl (C=O) groups is 1. The Labute approximate surface area is 198 Å². The van der Waals surface area contributed by atoms with Crippen LogP contribution in [0.25, 0.3) is 17.0 Å². The van der Waals surface area contributed by atoms with E-state index in [1.807, 2.05) is 11.9 Å². The molecule has 0 unspecified atom stereocenters. The van der Waals surface area contributed by atoms with Crippen LogP contribution in [0.3, 0.4) is 0 Å². The molecule has 3 aliphatic heterocycles. The topological polar surface area (TPSA) is 101 Å². The number of fused-ring (bicyclic) bond motifs is 3. The number of nitrogens with one attached hydrogen (secondary N) is 1. The standard InChI is InChI=1S/C22H23F3N8O2/c1-31-10-11-35-16-15(31)18(32-8-4-21(5-9-32)3-7-27-20(21)34)30-33-17(28-29-19(16)33)13-2-6-26-14(12-13)22(23,24)25/h2,6,12H,3-5,7-11H2,1H3,(H,27,34). The van der Waals surface area contributed by atoms with Crippen molar-refractivity contribution in [3.05, 3.63) is 24.0 Å². The Balaban J connectivity index is 1.45. The molecule has 10 nitrogen and oxygen atoms in total. The summed E-state index contributed by atoms with van der Waals surface area (Å²) in [6, 6.07) is 2.39. The van der Waals surface area contributed by atoms with E-state index in [1.54, 1.807) is 0 Å². The molecule has 1 N–H and O–H groups in total. The number of amides is 1. The monoisotopic (exact) mass is 488 g/mol. The molecular weight excluding hydrogens is 465 g/mol. The molecule has 2 saturated heterocycles. The normalized spacial score (nSPS) is 19.7. The van der Waals surface area contributed by atoms with Crippen LogP contribution in [-0.2, 0) is 11.0 Å². The summed E-state index contributed by atoms with van der Waals surface area (Å²) in [4.78, 5) is 20.0. The number of carbonyl (C=O) groups excluding carboxylic acids is 1. The van der Waals surface area contributed by atoms with Crippen LogP contribution in [0, 0.1) is 5.41 Å². The van der Waals surface area contributed by atoms with Gasteiger partial charge in [-0.05, 0) is 31.4 Å². The number of ether oxygens (including phenoxy) is 1. The number of rotatable bonds is 2. The summed E-state index contributed by atoms with van der Waals surface area (Å²) < 4.78 is 47.2. The van der Waals surface area contributed by atoms with Crippen molar-refractivity contribution in [2.45, 2.75) is 25.4 Å². The molecule has 0 atom stereocenters. The van der Waals surface area contributed by atoms with E-state index in [0.717, 1.165) is 24.4 Å². The second-order valence-electron chi connectivity index (χ2n) is 9.23. The van der Waals surface area contributed by atoms with Gasteiger partial charge in [0.05, 0.1) is 12.0 Å². The molecule has 0 aliphatic carbocycles. The quantitative estimate of drug-likeness (QED) is 0.586. The van der Waals surface area contributed by atoms with Gasteiger partial charge in [0.1, 0.15) is 18.0 Å². The Bertz CT molecular complexity index is 1320. The van der Waals surface area contributed by atoms with Gasteiger partial charge in [-0.15, -0.1) is 15.3 Å². The highest BCUT2D eigenvalue weighted by atomic mass is 19.4. The molecule has 0 radical (unpaired) electrons. The Morgan fingerprint density at radius 3 is 2.66 bits per heavy atom. The number of alkyl halides is 3. The van der Waals surface area contributed by atoms with Gasteiger partial charge in [-0.2, -0.15) is 17.7 Å². The summed E-state index contributed by atoms with van der Waals surface area (Å²) in [6.07, 6.45) is -1.26. The van der Waals surface area contributed by atoms with E-state index in [4.69, 9.17) is 9.84 Å². The average molecular weight is 488 g/mol. The second kappa shape index (κ2) is 7.68. The molecular formula is C22H23F3N8O2. The van der Waals surface area contributed by atoms with Crippen LogP contribution >= 0.6 is 0 Å². The summed E-state index contributed by atoms with van der Waals surface area (Å²) in [7, 11) is 1.94. The predicted octanol–water partition coefficient (Wildman–Crippen LogP) is 2.14. The van der Waals surface area contributed by atoms with Crippen molar-refractivity contribution < 1.29 is 22.7 Å². The lowest BCUT2D eigenvalue weighted by Gasteiger charge is -2.40. The average Bonchev–Trinajstić information content (AvgIpc) is 3.43. The second-order valence-corrected chi connectivity index (χ2v) is 9.23. The van der Waals surface area contributed by atoms with E-state index in [1.165, 1.54) is 10.6 Å². The maximum atomic E-state index is 13.3. The van der Waals surface area contributed by atoms with E-state index in [9.17, 15) is 18.0 Å². The molecule has 3 aromatic rings. The zero-order valence-corrected chi connectivity index (χ0v) is 19.0. The number of nitrogens with zero attached hydrogens (tertiary/aromatic N) is 7. The van der Waals surface area contributed by atoms with Crippen molar-refractivity contribution in [1.82, 2.24) is 30.1 Å². The summed E-state index contributed by atoms with van der Waals surface area (Å²) in [5, 5.41) is 16.1. The van der Waals surface area contributed by atoms with Crippen molar-refractivity contribution in [3.8, 4) is 17.1 Å². The summed E-state index contributed by atoms with van der Waals surface area (Å²) in [5.74, 6) is 1.40. The van der Waals surface area contributed by atoms with Gasteiger partial charge in [-0.1, -0.05) is 0 Å². The highest BCUT2D eigenvalue weighted by molar-refractivity contribution is 5.86. The lowest BCUT2D eigenvalue weighted by molar-refractivity contribution is -0.141. The number of pyridine rings is 1. The van der Waals surface area contributed by atoms with E-state index in [-0.39, 0.29) is 22.7 Å². The van der Waals surface area contributed by atoms with Crippen molar-refractivity contribution >= 4 is 23.1 Å². The molecule has 6 heterocycles. The fraction of sp³-hybridized carbons (Fsp3) is 0.500. The lowest BCUT2D eigenvalue weighted by atomic mass is 9.77. The summed E-state index contributed by atoms with van der Waals surface area (Å²) >= 11 is 0. The molecule has 0 aromatic carbocycles. The first-order chi connectivity index (χ1) is 16.8. The van der Waals surface area contributed by atoms with E-state index >= 15 is 0 Å². The minimum Gasteiger partial charge on any atom is -0.486 e. The minimum atomic E-state index is -4.59. The van der Waals surface area contributed by atoms with E-state index in [2.05, 4.69) is 25.4 Å². The van der Waals surface area contributed by atoms with Crippen LogP contribution in [0.5, 0.6) is 5.75 Å². The molecule has 184 valence electrons. The third-order valence-corrected chi connectivity index (χ3v) is 7.22. The highest BCUT2D eigenvalue weighted by Gasteiger charge is 2.45. The molecule has 13 heteroatoms. The van der Waals surface area contributed by atoms with Gasteiger partial charge in [0.2, 0.25) is 11.6 Å². The van der Waals surface area contributed by atoms with Gasteiger partial charge in [0.25, 0.3) is 0 Å². The maximum Gasteiger partial charge on any atom is 0.433 e. The van der Waals surface area contributed by atoms with Gasteiger partial charge in [-0.25, -0.2) is 0 Å². The van der Waals surface area contributed by atoms with Crippen LogP contribution in [0.15, 0.2) is 18.3 Å². The Morgan fingerprint density at radius 2 is 1.94 bits per heavy atom. The van der Waals surface area contributed by atoms with Crippen molar-refractivity contribution in [1.29, 1.82) is 0 Å². The fourth-order valence-corrected chi connectivity index (χ4v) is 5.20. The van der Waals surface area contributed by atoms with Gasteiger partial charge in [0.15, 0.2) is 17.4 Å². The van der Waals surface area contributed by atoms with Gasteiger partial charge < -0.3 is 19.9 Å². The third kappa shape index (κ3) is 3.43. The Kier molecular flexibility index (Phi) is 4.80. The first-order valence-electron chi connectivity index (χ1n) is 11.5. The number of likely N-dealkylation sites (N-methyl/N-ethyl adjacent to an activating group) is 1. The van der Waals surface area contributed by atoms with Gasteiger partial charge in [0, 0.05) is 38.4 Å². The van der Waals surface area contributed by atoms with Crippen LogP contribution < -0.4 is 19.9 Å². The Hall–Kier alpha value is -3.64. The fourth-order valence-electron chi connectivity index (χ4n) is 5.20. The molecule has 2 fully saturated rings. The summed E-state index contributed by atoms with van der Waals surface area (Å²) in [5.41, 5.74) is -0.0604. The van der Waals surface area contributed by atoms with Crippen molar-refractivity contribution in [3.63, 3.8) is 0 Å². The zero-order valence-electron chi connectivity index (χ0n) is 19.0. The number of halogens is 3. The van der Waals surface area contributed by atoms with Crippen LogP contribution in [0.1, 0.15) is 25.0 Å². The highest BCUT2D eigenvalue weighted by Crippen LogP contribution is 2.45. The molecule has 3 aromatic heterocycles. The SMILES string of the molecule is CN1CCOc2c1c(N1CCC3(CCNC3=O)CC1)nn1c(-c3ccnc(C(F)(F)F)c3)nnc21.